The smallest absolute Gasteiger partial charge is 0.337 e. The van der Waals surface area contributed by atoms with Crippen molar-refractivity contribution < 1.29 is 43.1 Å². The standard InChI is InChI=1S/C26H22N4O9/c27-19(31)11-9-17(29-21(33)13-5-1-2-6-14(13)22(29)34)25(37)39-26(38)18(10-12-20(28)32)30-23(35)15-7-3-4-8-16(15)24(30)36/h1-8,17-18H,9-12H2,(H2,27,31)(H2,28,32). The molecule has 2 aromatic rings. The molecule has 2 heterocycles. The first-order chi connectivity index (χ1) is 18.5. The number of rotatable bonds is 10. The van der Waals surface area contributed by atoms with Crippen LogP contribution in [0, 0.1) is 0 Å². The lowest BCUT2D eigenvalue weighted by Gasteiger charge is -2.27. The van der Waals surface area contributed by atoms with Gasteiger partial charge in [0.25, 0.3) is 23.6 Å². The highest BCUT2D eigenvalue weighted by Gasteiger charge is 2.47. The van der Waals surface area contributed by atoms with E-state index >= 15 is 0 Å². The van der Waals surface area contributed by atoms with Crippen LogP contribution in [-0.2, 0) is 23.9 Å². The average Bonchev–Trinajstić information content (AvgIpc) is 3.30. The molecule has 2 aliphatic heterocycles. The lowest BCUT2D eigenvalue weighted by atomic mass is 10.1. The van der Waals surface area contributed by atoms with Crippen molar-refractivity contribution in [3.8, 4) is 0 Å². The number of ether oxygens (including phenoxy) is 1. The van der Waals surface area contributed by atoms with Crippen LogP contribution >= 0.6 is 0 Å². The maximum atomic E-state index is 13.2. The second kappa shape index (κ2) is 10.7. The minimum atomic E-state index is -1.73. The SMILES string of the molecule is NC(=O)CCC(C(=O)OC(=O)C(CCC(N)=O)N1C(=O)c2ccccc2C1=O)N1C(=O)c2ccccc2C1=O. The van der Waals surface area contributed by atoms with E-state index in [1.807, 2.05) is 0 Å². The van der Waals surface area contributed by atoms with Gasteiger partial charge in [-0.3, -0.25) is 38.6 Å². The minimum absolute atomic E-state index is 0.0102. The fraction of sp³-hybridized carbons (Fsp3) is 0.231. The summed E-state index contributed by atoms with van der Waals surface area (Å²) in [5.74, 6) is -7.87. The van der Waals surface area contributed by atoms with Crippen LogP contribution in [-0.4, -0.2) is 69.3 Å². The first-order valence-corrected chi connectivity index (χ1v) is 11.8. The van der Waals surface area contributed by atoms with Gasteiger partial charge < -0.3 is 16.2 Å². The van der Waals surface area contributed by atoms with Crippen LogP contribution in [0.15, 0.2) is 48.5 Å². The van der Waals surface area contributed by atoms with E-state index in [0.29, 0.717) is 9.80 Å². The number of amides is 6. The van der Waals surface area contributed by atoms with Crippen molar-refractivity contribution in [1.29, 1.82) is 0 Å². The number of nitrogens with two attached hydrogens (primary N) is 2. The normalized spacial score (nSPS) is 15.6. The molecular weight excluding hydrogens is 512 g/mol. The highest BCUT2D eigenvalue weighted by Crippen LogP contribution is 2.29. The summed E-state index contributed by atoms with van der Waals surface area (Å²) in [6, 6.07) is 8.09. The molecule has 13 nitrogen and oxygen atoms in total. The van der Waals surface area contributed by atoms with Gasteiger partial charge >= 0.3 is 11.9 Å². The van der Waals surface area contributed by atoms with Crippen LogP contribution in [0.1, 0.15) is 67.1 Å². The Bertz CT molecular complexity index is 1270. The van der Waals surface area contributed by atoms with Crippen molar-refractivity contribution in [3.63, 3.8) is 0 Å². The molecule has 0 saturated carbocycles. The van der Waals surface area contributed by atoms with Gasteiger partial charge in [-0.2, -0.15) is 0 Å². The molecule has 2 aromatic carbocycles. The second-order valence-electron chi connectivity index (χ2n) is 8.83. The van der Waals surface area contributed by atoms with Gasteiger partial charge in [0.2, 0.25) is 11.8 Å². The van der Waals surface area contributed by atoms with Crippen molar-refractivity contribution in [2.75, 3.05) is 0 Å². The highest BCUT2D eigenvalue weighted by atomic mass is 16.6. The summed E-state index contributed by atoms with van der Waals surface area (Å²) in [5.41, 5.74) is 10.4. The van der Waals surface area contributed by atoms with Gasteiger partial charge in [0.05, 0.1) is 22.3 Å². The Labute approximate surface area is 220 Å². The van der Waals surface area contributed by atoms with Crippen LogP contribution in [0.3, 0.4) is 0 Å². The summed E-state index contributed by atoms with van der Waals surface area (Å²) in [6.45, 7) is 0. The van der Waals surface area contributed by atoms with Crippen LogP contribution < -0.4 is 11.5 Å². The number of carbonyl (C=O) groups is 8. The maximum absolute atomic E-state index is 13.2. The monoisotopic (exact) mass is 534 g/mol. The Balaban J connectivity index is 1.62. The van der Waals surface area contributed by atoms with Crippen LogP contribution in [0.25, 0.3) is 0 Å². The van der Waals surface area contributed by atoms with E-state index in [2.05, 4.69) is 0 Å². The lowest BCUT2D eigenvalue weighted by Crippen LogP contribution is -2.50. The third-order valence-corrected chi connectivity index (χ3v) is 6.35. The predicted molar refractivity (Wildman–Crippen MR) is 129 cm³/mol. The van der Waals surface area contributed by atoms with Crippen molar-refractivity contribution in [2.24, 2.45) is 11.5 Å². The predicted octanol–water partition coefficient (Wildman–Crippen LogP) is -0.0832. The molecule has 6 amide bonds. The summed E-state index contributed by atoms with van der Waals surface area (Å²) >= 11 is 0. The summed E-state index contributed by atoms with van der Waals surface area (Å²) < 4.78 is 4.98. The summed E-state index contributed by atoms with van der Waals surface area (Å²) in [6.07, 6.45) is -1.78. The Hall–Kier alpha value is -5.20. The zero-order chi connectivity index (χ0) is 28.4. The Morgan fingerprint density at radius 3 is 1.13 bits per heavy atom. The van der Waals surface area contributed by atoms with Gasteiger partial charge in [0.15, 0.2) is 0 Å². The van der Waals surface area contributed by atoms with Crippen molar-refractivity contribution in [1.82, 2.24) is 9.80 Å². The molecule has 4 N–H and O–H groups in total. The van der Waals surface area contributed by atoms with Crippen LogP contribution in [0.5, 0.6) is 0 Å². The molecule has 0 aromatic heterocycles. The van der Waals surface area contributed by atoms with Crippen LogP contribution in [0.2, 0.25) is 0 Å². The molecule has 4 rings (SSSR count). The van der Waals surface area contributed by atoms with Gasteiger partial charge in [-0.1, -0.05) is 24.3 Å². The largest absolute Gasteiger partial charge is 0.390 e. The minimum Gasteiger partial charge on any atom is -0.390 e. The molecule has 2 atom stereocenters. The van der Waals surface area contributed by atoms with Gasteiger partial charge in [0.1, 0.15) is 12.1 Å². The first kappa shape index (κ1) is 26.9. The molecule has 0 bridgehead atoms. The molecule has 0 spiro atoms. The number of primary amides is 2. The van der Waals surface area contributed by atoms with E-state index in [4.69, 9.17) is 16.2 Å². The zero-order valence-corrected chi connectivity index (χ0v) is 20.3. The van der Waals surface area contributed by atoms with Gasteiger partial charge in [-0.15, -0.1) is 0 Å². The Kier molecular flexibility index (Phi) is 7.33. The van der Waals surface area contributed by atoms with E-state index in [0.717, 1.165) is 0 Å². The number of benzene rings is 2. The quantitative estimate of drug-likeness (QED) is 0.237. The first-order valence-electron chi connectivity index (χ1n) is 11.8. The number of fused-ring (bicyclic) bond motifs is 2. The number of imide groups is 2. The van der Waals surface area contributed by atoms with E-state index in [1.165, 1.54) is 48.5 Å². The van der Waals surface area contributed by atoms with E-state index < -0.39 is 85.1 Å². The molecule has 200 valence electrons. The topological polar surface area (TPSA) is 204 Å². The molecule has 0 fully saturated rings. The Morgan fingerprint density at radius 1 is 0.590 bits per heavy atom. The maximum Gasteiger partial charge on any atom is 0.337 e. The molecular formula is C26H22N4O9. The molecule has 13 heteroatoms. The fourth-order valence-corrected chi connectivity index (χ4v) is 4.48. The molecule has 0 radical (unpaired) electrons. The zero-order valence-electron chi connectivity index (χ0n) is 20.3. The van der Waals surface area contributed by atoms with E-state index in [9.17, 15) is 38.4 Å². The molecule has 39 heavy (non-hydrogen) atoms. The number of carbonyl (C=O) groups excluding carboxylic acids is 8. The third kappa shape index (κ3) is 5.01. The lowest BCUT2D eigenvalue weighted by molar-refractivity contribution is -0.165. The average molecular weight is 534 g/mol. The highest BCUT2D eigenvalue weighted by molar-refractivity contribution is 6.24. The van der Waals surface area contributed by atoms with Gasteiger partial charge in [0, 0.05) is 12.8 Å². The molecule has 0 aliphatic carbocycles. The second-order valence-corrected chi connectivity index (χ2v) is 8.83. The fourth-order valence-electron chi connectivity index (χ4n) is 4.48. The van der Waals surface area contributed by atoms with E-state index in [-0.39, 0.29) is 22.3 Å². The summed E-state index contributed by atoms with van der Waals surface area (Å²) in [7, 11) is 0. The number of hydrogen-bond donors (Lipinski definition) is 2. The number of hydrogen-bond acceptors (Lipinski definition) is 9. The van der Waals surface area contributed by atoms with Crippen LogP contribution in [0.4, 0.5) is 0 Å². The van der Waals surface area contributed by atoms with Crippen molar-refractivity contribution in [2.45, 2.75) is 37.8 Å². The van der Waals surface area contributed by atoms with Gasteiger partial charge in [-0.25, -0.2) is 9.59 Å². The molecule has 0 saturated heterocycles. The van der Waals surface area contributed by atoms with Gasteiger partial charge in [-0.05, 0) is 37.1 Å². The van der Waals surface area contributed by atoms with E-state index in [1.54, 1.807) is 0 Å². The number of esters is 2. The van der Waals surface area contributed by atoms with Crippen molar-refractivity contribution >= 4 is 47.4 Å². The summed E-state index contributed by atoms with van der Waals surface area (Å²) in [4.78, 5) is 102. The third-order valence-electron chi connectivity index (χ3n) is 6.35. The molecule has 2 unspecified atom stereocenters. The van der Waals surface area contributed by atoms with Crippen molar-refractivity contribution in [3.05, 3.63) is 70.8 Å². The summed E-state index contributed by atoms with van der Waals surface area (Å²) in [5, 5.41) is 0. The Morgan fingerprint density at radius 2 is 0.872 bits per heavy atom. The molecule has 2 aliphatic rings. The number of nitrogens with zero attached hydrogens (tertiary/aromatic N) is 2.